The fraction of sp³-hybridized carbons (Fsp3) is 0.368. The van der Waals surface area contributed by atoms with Crippen LogP contribution < -0.4 is 10.9 Å². The summed E-state index contributed by atoms with van der Waals surface area (Å²) in [5.41, 5.74) is 9.08. The number of benzene rings is 2. The summed E-state index contributed by atoms with van der Waals surface area (Å²) < 4.78 is 0. The van der Waals surface area contributed by atoms with Crippen molar-refractivity contribution in [3.8, 4) is 0 Å². The van der Waals surface area contributed by atoms with Gasteiger partial charge in [0.2, 0.25) is 0 Å². The van der Waals surface area contributed by atoms with E-state index in [1.54, 1.807) is 11.8 Å². The first-order valence-corrected chi connectivity index (χ1v) is 9.18. The van der Waals surface area contributed by atoms with Crippen LogP contribution in [0.2, 0.25) is 0 Å². The fourth-order valence-corrected chi connectivity index (χ4v) is 4.87. The maximum absolute atomic E-state index is 11.2. The number of rotatable bonds is 1. The Balaban J connectivity index is 1.82. The number of hydrazine groups is 1. The van der Waals surface area contributed by atoms with Gasteiger partial charge in [-0.1, -0.05) is 54.6 Å². The normalized spacial score (nSPS) is 27.4. The average Bonchev–Trinajstić information content (AvgIpc) is 2.91. The number of aliphatic hydroxyl groups is 1. The largest absolute Gasteiger partial charge is 0.388 e. The Morgan fingerprint density at radius 1 is 0.913 bits per heavy atom. The van der Waals surface area contributed by atoms with E-state index in [1.807, 2.05) is 12.1 Å². The van der Waals surface area contributed by atoms with Gasteiger partial charge in [-0.3, -0.25) is 10.9 Å². The molecule has 0 saturated carbocycles. The maximum Gasteiger partial charge on any atom is 0.0885 e. The third-order valence-corrected chi connectivity index (χ3v) is 6.05. The molecule has 120 valence electrons. The van der Waals surface area contributed by atoms with Crippen molar-refractivity contribution in [1.29, 1.82) is 0 Å². The summed E-state index contributed by atoms with van der Waals surface area (Å²) in [6.07, 6.45) is 2.96. The van der Waals surface area contributed by atoms with Gasteiger partial charge in [0, 0.05) is 28.3 Å². The fourth-order valence-electron chi connectivity index (χ4n) is 3.71. The Hall–Kier alpha value is -1.33. The summed E-state index contributed by atoms with van der Waals surface area (Å²) in [5, 5.41) is 11.2. The molecule has 0 bridgehead atoms. The number of hydrogen-bond donors (Lipinski definition) is 3. The van der Waals surface area contributed by atoms with Crippen LogP contribution in [0.5, 0.6) is 0 Å². The Morgan fingerprint density at radius 2 is 1.61 bits per heavy atom. The van der Waals surface area contributed by atoms with Gasteiger partial charge in [-0.25, -0.2) is 0 Å². The van der Waals surface area contributed by atoms with Crippen LogP contribution in [-0.4, -0.2) is 17.7 Å². The minimum atomic E-state index is -0.486. The summed E-state index contributed by atoms with van der Waals surface area (Å²) in [5.74, 6) is 0.0629. The molecular weight excluding hydrogens is 304 g/mol. The SMILES string of the molecule is OC1c2ccccc2Sc2ccccc2C1C1CCCCNN1. The van der Waals surface area contributed by atoms with Crippen LogP contribution in [0, 0.1) is 0 Å². The lowest BCUT2D eigenvalue weighted by Crippen LogP contribution is -2.44. The highest BCUT2D eigenvalue weighted by Crippen LogP contribution is 2.48. The van der Waals surface area contributed by atoms with E-state index in [2.05, 4.69) is 47.2 Å². The van der Waals surface area contributed by atoms with Gasteiger partial charge in [0.15, 0.2) is 0 Å². The summed E-state index contributed by atoms with van der Waals surface area (Å²) in [6, 6.07) is 17.0. The minimum Gasteiger partial charge on any atom is -0.388 e. The molecule has 0 radical (unpaired) electrons. The standard InChI is InChI=1S/C19H22N2OS/c22-19-14-8-2-4-11-17(14)23-16-10-3-1-7-13(16)18(19)15-9-5-6-12-20-21-15/h1-4,7-8,10-11,15,18-22H,5-6,9,12H2. The second-order valence-corrected chi connectivity index (χ2v) is 7.41. The molecule has 3 nitrogen and oxygen atoms in total. The predicted octanol–water partition coefficient (Wildman–Crippen LogP) is 3.62. The first-order valence-electron chi connectivity index (χ1n) is 8.37. The molecule has 0 amide bonds. The maximum atomic E-state index is 11.2. The van der Waals surface area contributed by atoms with Crippen LogP contribution in [-0.2, 0) is 0 Å². The molecule has 2 aromatic rings. The molecule has 2 aliphatic rings. The molecule has 2 aromatic carbocycles. The van der Waals surface area contributed by atoms with Gasteiger partial charge < -0.3 is 5.11 Å². The van der Waals surface area contributed by atoms with Crippen molar-refractivity contribution < 1.29 is 5.11 Å². The van der Waals surface area contributed by atoms with E-state index >= 15 is 0 Å². The number of fused-ring (bicyclic) bond motifs is 2. The third kappa shape index (κ3) is 2.92. The zero-order valence-electron chi connectivity index (χ0n) is 13.0. The van der Waals surface area contributed by atoms with Crippen LogP contribution in [0.15, 0.2) is 58.3 Å². The minimum absolute atomic E-state index is 0.0629. The lowest BCUT2D eigenvalue weighted by atomic mass is 9.82. The van der Waals surface area contributed by atoms with Crippen molar-refractivity contribution in [2.24, 2.45) is 0 Å². The molecule has 0 spiro atoms. The quantitative estimate of drug-likeness (QED) is 0.749. The average molecular weight is 326 g/mol. The van der Waals surface area contributed by atoms with Crippen LogP contribution in [0.3, 0.4) is 0 Å². The molecule has 3 atom stereocenters. The van der Waals surface area contributed by atoms with Crippen LogP contribution in [0.25, 0.3) is 0 Å². The molecule has 1 fully saturated rings. The first-order chi connectivity index (χ1) is 11.3. The molecule has 3 N–H and O–H groups in total. The second kappa shape index (κ2) is 6.65. The van der Waals surface area contributed by atoms with Gasteiger partial charge in [-0.2, -0.15) is 0 Å². The van der Waals surface area contributed by atoms with Gasteiger partial charge in [0.1, 0.15) is 0 Å². The molecule has 3 unspecified atom stereocenters. The van der Waals surface area contributed by atoms with Crippen molar-refractivity contribution in [1.82, 2.24) is 10.9 Å². The second-order valence-electron chi connectivity index (χ2n) is 6.32. The summed E-state index contributed by atoms with van der Waals surface area (Å²) in [6.45, 7) is 0.992. The molecule has 4 heteroatoms. The Labute approximate surface area is 141 Å². The number of aliphatic hydroxyl groups excluding tert-OH is 1. The smallest absolute Gasteiger partial charge is 0.0885 e. The molecule has 2 heterocycles. The van der Waals surface area contributed by atoms with Crippen molar-refractivity contribution in [2.45, 2.75) is 47.1 Å². The van der Waals surface area contributed by atoms with Crippen molar-refractivity contribution in [3.05, 3.63) is 59.7 Å². The molecule has 2 aliphatic heterocycles. The van der Waals surface area contributed by atoms with E-state index in [9.17, 15) is 5.11 Å². The van der Waals surface area contributed by atoms with Crippen molar-refractivity contribution >= 4 is 11.8 Å². The third-order valence-electron chi connectivity index (χ3n) is 4.86. The van der Waals surface area contributed by atoms with Crippen LogP contribution >= 0.6 is 11.8 Å². The highest BCUT2D eigenvalue weighted by molar-refractivity contribution is 7.99. The number of hydrogen-bond acceptors (Lipinski definition) is 4. The number of nitrogens with one attached hydrogen (secondary N) is 2. The van der Waals surface area contributed by atoms with Gasteiger partial charge in [-0.15, -0.1) is 0 Å². The summed E-state index contributed by atoms with van der Waals surface area (Å²) >= 11 is 1.77. The van der Waals surface area contributed by atoms with E-state index in [-0.39, 0.29) is 12.0 Å². The predicted molar refractivity (Wildman–Crippen MR) is 93.5 cm³/mol. The highest BCUT2D eigenvalue weighted by Gasteiger charge is 2.36. The Kier molecular flexibility index (Phi) is 4.40. The van der Waals surface area contributed by atoms with Gasteiger partial charge >= 0.3 is 0 Å². The highest BCUT2D eigenvalue weighted by atomic mass is 32.2. The van der Waals surface area contributed by atoms with E-state index in [4.69, 9.17) is 0 Å². The molecule has 4 rings (SSSR count). The van der Waals surface area contributed by atoms with E-state index in [0.29, 0.717) is 0 Å². The van der Waals surface area contributed by atoms with Crippen molar-refractivity contribution in [2.75, 3.05) is 6.54 Å². The zero-order chi connectivity index (χ0) is 15.6. The van der Waals surface area contributed by atoms with Gasteiger partial charge in [0.05, 0.1) is 6.10 Å². The Bertz CT molecular complexity index is 683. The Morgan fingerprint density at radius 3 is 2.43 bits per heavy atom. The lowest BCUT2D eigenvalue weighted by Gasteiger charge is -2.31. The first kappa shape index (κ1) is 15.2. The summed E-state index contributed by atoms with van der Waals surface area (Å²) in [4.78, 5) is 2.42. The zero-order valence-corrected chi connectivity index (χ0v) is 13.9. The lowest BCUT2D eigenvalue weighted by molar-refractivity contribution is 0.117. The summed E-state index contributed by atoms with van der Waals surface area (Å²) in [7, 11) is 0. The van der Waals surface area contributed by atoms with E-state index < -0.39 is 6.10 Å². The molecule has 0 aromatic heterocycles. The van der Waals surface area contributed by atoms with Crippen molar-refractivity contribution in [3.63, 3.8) is 0 Å². The van der Waals surface area contributed by atoms with E-state index in [0.717, 1.165) is 23.4 Å². The van der Waals surface area contributed by atoms with Crippen LogP contribution in [0.4, 0.5) is 0 Å². The van der Waals surface area contributed by atoms with Gasteiger partial charge in [0.25, 0.3) is 0 Å². The topological polar surface area (TPSA) is 44.3 Å². The van der Waals surface area contributed by atoms with Gasteiger partial charge in [-0.05, 0) is 36.1 Å². The molecular formula is C19H22N2OS. The molecule has 1 saturated heterocycles. The monoisotopic (exact) mass is 326 g/mol. The molecule has 23 heavy (non-hydrogen) atoms. The van der Waals surface area contributed by atoms with E-state index in [1.165, 1.54) is 23.3 Å². The molecule has 0 aliphatic carbocycles. The van der Waals surface area contributed by atoms with Crippen LogP contribution in [0.1, 0.15) is 42.4 Å².